The molecule has 0 aliphatic rings. The van der Waals surface area contributed by atoms with E-state index in [-0.39, 0.29) is 0 Å². The van der Waals surface area contributed by atoms with Gasteiger partial charge in [0.15, 0.2) is 0 Å². The molecular weight excluding hydrogens is 204 g/mol. The molecule has 0 nitrogen and oxygen atoms in total. The highest BCUT2D eigenvalue weighted by Crippen LogP contribution is 2.22. The summed E-state index contributed by atoms with van der Waals surface area (Å²) in [7, 11) is 0. The summed E-state index contributed by atoms with van der Waals surface area (Å²) in [6.07, 6.45) is 9.97. The van der Waals surface area contributed by atoms with Gasteiger partial charge in [-0.2, -0.15) is 0 Å². The maximum absolute atomic E-state index is 2.44. The second kappa shape index (κ2) is 9.97. The van der Waals surface area contributed by atoms with Crippen LogP contribution in [0.1, 0.15) is 86.5 Å². The molecule has 0 aliphatic heterocycles. The summed E-state index contributed by atoms with van der Waals surface area (Å²) in [5.41, 5.74) is 0. The SMILES string of the molecule is CCC(C)CCCC(C)CCCC(C)C(C)C. The summed E-state index contributed by atoms with van der Waals surface area (Å²) in [4.78, 5) is 0. The lowest BCUT2D eigenvalue weighted by atomic mass is 9.89. The summed E-state index contributed by atoms with van der Waals surface area (Å²) < 4.78 is 0. The molecule has 0 aromatic carbocycles. The first-order valence-electron chi connectivity index (χ1n) is 7.97. The van der Waals surface area contributed by atoms with Crippen LogP contribution in [0.4, 0.5) is 0 Å². The summed E-state index contributed by atoms with van der Waals surface area (Å²) in [5, 5.41) is 0. The van der Waals surface area contributed by atoms with Crippen LogP contribution in [0, 0.1) is 23.7 Å². The van der Waals surface area contributed by atoms with Crippen LogP contribution < -0.4 is 0 Å². The van der Waals surface area contributed by atoms with E-state index < -0.39 is 0 Å². The third-order valence-corrected chi connectivity index (χ3v) is 4.59. The van der Waals surface area contributed by atoms with E-state index >= 15 is 0 Å². The molecule has 0 saturated heterocycles. The average molecular weight is 240 g/mol. The Morgan fingerprint density at radius 1 is 0.647 bits per heavy atom. The zero-order valence-electron chi connectivity index (χ0n) is 13.3. The number of hydrogen-bond acceptors (Lipinski definition) is 0. The largest absolute Gasteiger partial charge is 0.0651 e. The van der Waals surface area contributed by atoms with Crippen LogP contribution >= 0.6 is 0 Å². The Kier molecular flexibility index (Phi) is 9.97. The lowest BCUT2D eigenvalue weighted by molar-refractivity contribution is 0.349. The second-order valence-electron chi connectivity index (χ2n) is 6.70. The Morgan fingerprint density at radius 2 is 1.12 bits per heavy atom. The van der Waals surface area contributed by atoms with Crippen molar-refractivity contribution in [1.29, 1.82) is 0 Å². The van der Waals surface area contributed by atoms with Crippen molar-refractivity contribution in [3.63, 3.8) is 0 Å². The van der Waals surface area contributed by atoms with Crippen LogP contribution in [0.25, 0.3) is 0 Å². The van der Waals surface area contributed by atoms with Gasteiger partial charge in [-0.25, -0.2) is 0 Å². The highest BCUT2D eigenvalue weighted by atomic mass is 14.1. The lowest BCUT2D eigenvalue weighted by Crippen LogP contribution is -2.05. The van der Waals surface area contributed by atoms with Gasteiger partial charge in [-0.3, -0.25) is 0 Å². The number of hydrogen-bond donors (Lipinski definition) is 0. The fourth-order valence-corrected chi connectivity index (χ4v) is 2.28. The van der Waals surface area contributed by atoms with Gasteiger partial charge in [0, 0.05) is 0 Å². The molecule has 0 heterocycles. The summed E-state index contributed by atoms with van der Waals surface area (Å²) in [6.45, 7) is 14.2. The molecule has 3 atom stereocenters. The van der Waals surface area contributed by atoms with Gasteiger partial charge in [0.25, 0.3) is 0 Å². The maximum atomic E-state index is 2.44. The molecular formula is C17H36. The highest BCUT2D eigenvalue weighted by molar-refractivity contribution is 4.61. The average Bonchev–Trinajstić information content (AvgIpc) is 2.28. The van der Waals surface area contributed by atoms with E-state index in [0.29, 0.717) is 0 Å². The maximum Gasteiger partial charge on any atom is -0.0420 e. The lowest BCUT2D eigenvalue weighted by Gasteiger charge is -2.17. The summed E-state index contributed by atoms with van der Waals surface area (Å²) in [5.74, 6) is 3.64. The van der Waals surface area contributed by atoms with Crippen molar-refractivity contribution < 1.29 is 0 Å². The third-order valence-electron chi connectivity index (χ3n) is 4.59. The molecule has 3 unspecified atom stereocenters. The molecule has 0 bridgehead atoms. The van der Waals surface area contributed by atoms with Gasteiger partial charge < -0.3 is 0 Å². The summed E-state index contributed by atoms with van der Waals surface area (Å²) >= 11 is 0. The van der Waals surface area contributed by atoms with Crippen molar-refractivity contribution in [2.75, 3.05) is 0 Å². The van der Waals surface area contributed by atoms with Crippen molar-refractivity contribution in [2.24, 2.45) is 23.7 Å². The first kappa shape index (κ1) is 17.0. The van der Waals surface area contributed by atoms with E-state index in [1.807, 2.05) is 0 Å². The van der Waals surface area contributed by atoms with Crippen LogP contribution in [0.2, 0.25) is 0 Å². The molecule has 17 heavy (non-hydrogen) atoms. The third kappa shape index (κ3) is 9.68. The first-order valence-corrected chi connectivity index (χ1v) is 7.97. The highest BCUT2D eigenvalue weighted by Gasteiger charge is 2.08. The molecule has 0 aliphatic carbocycles. The molecule has 0 rings (SSSR count). The van der Waals surface area contributed by atoms with Gasteiger partial charge in [0.1, 0.15) is 0 Å². The minimum absolute atomic E-state index is 0.857. The normalized spacial score (nSPS) is 17.1. The fourth-order valence-electron chi connectivity index (χ4n) is 2.28. The van der Waals surface area contributed by atoms with Crippen molar-refractivity contribution >= 4 is 0 Å². The number of rotatable bonds is 10. The Labute approximate surface area is 111 Å². The van der Waals surface area contributed by atoms with Gasteiger partial charge >= 0.3 is 0 Å². The zero-order chi connectivity index (χ0) is 13.3. The van der Waals surface area contributed by atoms with Gasteiger partial charge in [-0.05, 0) is 23.7 Å². The van der Waals surface area contributed by atoms with E-state index in [1.54, 1.807) is 0 Å². The van der Waals surface area contributed by atoms with Crippen molar-refractivity contribution in [3.8, 4) is 0 Å². The Hall–Kier alpha value is 0. The van der Waals surface area contributed by atoms with Crippen LogP contribution in [0.15, 0.2) is 0 Å². The minimum Gasteiger partial charge on any atom is -0.0651 e. The molecule has 0 heteroatoms. The van der Waals surface area contributed by atoms with Gasteiger partial charge in [0.05, 0.1) is 0 Å². The van der Waals surface area contributed by atoms with E-state index in [2.05, 4.69) is 41.5 Å². The molecule has 0 amide bonds. The van der Waals surface area contributed by atoms with Crippen LogP contribution in [-0.2, 0) is 0 Å². The predicted molar refractivity (Wildman–Crippen MR) is 80.3 cm³/mol. The Morgan fingerprint density at radius 3 is 1.59 bits per heavy atom. The first-order chi connectivity index (χ1) is 7.97. The molecule has 0 spiro atoms. The monoisotopic (exact) mass is 240 g/mol. The van der Waals surface area contributed by atoms with Crippen molar-refractivity contribution in [2.45, 2.75) is 86.5 Å². The van der Waals surface area contributed by atoms with E-state index in [4.69, 9.17) is 0 Å². The van der Waals surface area contributed by atoms with E-state index in [1.165, 1.54) is 44.9 Å². The molecule has 0 N–H and O–H groups in total. The topological polar surface area (TPSA) is 0 Å². The minimum atomic E-state index is 0.857. The molecule has 0 radical (unpaired) electrons. The molecule has 0 fully saturated rings. The molecule has 0 aromatic heterocycles. The zero-order valence-corrected chi connectivity index (χ0v) is 13.3. The molecule has 0 aromatic rings. The van der Waals surface area contributed by atoms with Crippen molar-refractivity contribution in [3.05, 3.63) is 0 Å². The van der Waals surface area contributed by atoms with E-state index in [9.17, 15) is 0 Å². The van der Waals surface area contributed by atoms with Crippen molar-refractivity contribution in [1.82, 2.24) is 0 Å². The predicted octanol–water partition coefficient (Wildman–Crippen LogP) is 6.30. The van der Waals surface area contributed by atoms with Crippen LogP contribution in [0.5, 0.6) is 0 Å². The molecule has 104 valence electrons. The van der Waals surface area contributed by atoms with Crippen LogP contribution in [-0.4, -0.2) is 0 Å². The quantitative estimate of drug-likeness (QED) is 0.420. The van der Waals surface area contributed by atoms with Gasteiger partial charge in [-0.1, -0.05) is 86.5 Å². The standard InChI is InChI=1S/C17H36/c1-7-15(4)10-8-11-16(5)12-9-13-17(6)14(2)3/h14-17H,7-13H2,1-6H3. The molecule has 0 saturated carbocycles. The van der Waals surface area contributed by atoms with Gasteiger partial charge in [0.2, 0.25) is 0 Å². The van der Waals surface area contributed by atoms with E-state index in [0.717, 1.165) is 23.7 Å². The fraction of sp³-hybridized carbons (Fsp3) is 1.00. The Bertz CT molecular complexity index is 159. The second-order valence-corrected chi connectivity index (χ2v) is 6.70. The smallest absolute Gasteiger partial charge is 0.0420 e. The van der Waals surface area contributed by atoms with Gasteiger partial charge in [-0.15, -0.1) is 0 Å². The Balaban J connectivity index is 3.43. The van der Waals surface area contributed by atoms with Crippen LogP contribution in [0.3, 0.4) is 0 Å². The summed E-state index contributed by atoms with van der Waals surface area (Å²) in [6, 6.07) is 0.